The first-order valence-electron chi connectivity index (χ1n) is 14.1. The van der Waals surface area contributed by atoms with Gasteiger partial charge in [0.15, 0.2) is 0 Å². The minimum atomic E-state index is -0.167. The van der Waals surface area contributed by atoms with Crippen molar-refractivity contribution in [3.63, 3.8) is 0 Å². The molecule has 2 aromatic carbocycles. The molecule has 0 spiro atoms. The fourth-order valence-electron chi connectivity index (χ4n) is 1.70. The second-order valence-corrected chi connectivity index (χ2v) is 11.4. The quantitative estimate of drug-likeness (QED) is 0.216. The first-order valence-corrected chi connectivity index (χ1v) is 14.1. The summed E-state index contributed by atoms with van der Waals surface area (Å²) >= 11 is 0. The smallest absolute Gasteiger partial charge is 0.394 e. The van der Waals surface area contributed by atoms with Crippen LogP contribution in [0.4, 0.5) is 0 Å². The average Bonchev–Trinajstić information content (AvgIpc) is 3.71. The molecule has 1 radical (unpaired) electrons. The summed E-state index contributed by atoms with van der Waals surface area (Å²) < 4.78 is 0. The van der Waals surface area contributed by atoms with Crippen LogP contribution in [-0.2, 0) is 47.9 Å². The molecular weight excluding hydrogens is 636 g/mol. The standard InChI is InChI=1S/2C6H5.3C5H5.2C5H11.C3H8O.Ti.Zr/c2*1-2-4-6-5-3-1;3*1-2-4-5-3-1;2*1-5(2,3)4;1-3(2)4;;/h2*1-5H;3*1-3H,4H2;2*1H2,2-4H3;3-4H,1-2H3;;/q7*-1;;+4;+3. The maximum absolute atomic E-state index is 8.06. The van der Waals surface area contributed by atoms with Crippen molar-refractivity contribution in [2.24, 2.45) is 10.8 Å². The van der Waals surface area contributed by atoms with Gasteiger partial charge in [0.05, 0.1) is 0 Å². The van der Waals surface area contributed by atoms with E-state index in [-0.39, 0.29) is 64.9 Å². The second kappa shape index (κ2) is 38.5. The molecule has 0 bridgehead atoms. The normalized spacial score (nSPS) is 12.0. The number of allylic oxidation sites excluding steroid dienone is 12. The van der Waals surface area contributed by atoms with Gasteiger partial charge in [-0.15, -0.1) is 19.3 Å². The molecule has 0 amide bonds. The SMILES string of the molecule is CC(C)O.[C-]1=CC=CC1.[C-]1=CC=CC1.[C-]1=CC=CC1.[CH2-]C(C)(C)C.[CH2-]C(C)(C)C.[Ti+4].[Zr+3].[c-]1ccccc1.[c-]1ccccc1. The molecule has 1 nitrogen and oxygen atoms in total. The zero-order valence-electron chi connectivity index (χ0n) is 28.0. The molecule has 0 saturated carbocycles. The molecule has 0 fully saturated rings. The summed E-state index contributed by atoms with van der Waals surface area (Å²) in [4.78, 5) is 0. The van der Waals surface area contributed by atoms with E-state index in [2.05, 4.69) is 104 Å². The molecule has 43 heavy (non-hydrogen) atoms. The van der Waals surface area contributed by atoms with Crippen molar-refractivity contribution in [1.82, 2.24) is 0 Å². The Bertz CT molecular complexity index is 732. The van der Waals surface area contributed by atoms with Crippen LogP contribution in [0.3, 0.4) is 0 Å². The van der Waals surface area contributed by atoms with E-state index < -0.39 is 0 Å². The Morgan fingerprint density at radius 3 is 0.814 bits per heavy atom. The van der Waals surface area contributed by atoms with Crippen LogP contribution in [0.2, 0.25) is 0 Å². The molecule has 0 aliphatic heterocycles. The van der Waals surface area contributed by atoms with Gasteiger partial charge in [-0.2, -0.15) is 102 Å². The Morgan fingerprint density at radius 1 is 0.558 bits per heavy atom. The van der Waals surface area contributed by atoms with E-state index in [9.17, 15) is 0 Å². The van der Waals surface area contributed by atoms with Crippen LogP contribution in [0.25, 0.3) is 0 Å². The van der Waals surface area contributed by atoms with E-state index in [0.29, 0.717) is 0 Å². The Labute approximate surface area is 302 Å². The van der Waals surface area contributed by atoms with Crippen molar-refractivity contribution in [2.75, 3.05) is 0 Å². The van der Waals surface area contributed by atoms with Gasteiger partial charge in [-0.1, -0.05) is 41.5 Å². The Morgan fingerprint density at radius 2 is 0.767 bits per heavy atom. The molecule has 0 heterocycles. The summed E-state index contributed by atoms with van der Waals surface area (Å²) in [7, 11) is 0. The third kappa shape index (κ3) is 92.3. The third-order valence-corrected chi connectivity index (χ3v) is 2.97. The number of aliphatic hydroxyl groups excluding tert-OH is 1. The molecule has 2 aromatic rings. The summed E-state index contributed by atoms with van der Waals surface area (Å²) in [5, 5.41) is 8.06. The topological polar surface area (TPSA) is 20.2 Å². The van der Waals surface area contributed by atoms with Crippen LogP contribution in [-0.4, -0.2) is 11.2 Å². The van der Waals surface area contributed by atoms with E-state index in [1.807, 2.05) is 97.1 Å². The number of aliphatic hydroxyl groups is 1. The van der Waals surface area contributed by atoms with Crippen molar-refractivity contribution >= 4 is 0 Å². The van der Waals surface area contributed by atoms with Crippen molar-refractivity contribution in [3.05, 3.63) is 160 Å². The van der Waals surface area contributed by atoms with Gasteiger partial charge in [0.1, 0.15) is 0 Å². The van der Waals surface area contributed by atoms with E-state index >= 15 is 0 Å². The fraction of sp³-hybridized carbons (Fsp3) is 0.350. The molecular formula is C40H55OTiZr. The second-order valence-electron chi connectivity index (χ2n) is 11.4. The van der Waals surface area contributed by atoms with Gasteiger partial charge in [0.2, 0.25) is 0 Å². The largest absolute Gasteiger partial charge is 4.00 e. The van der Waals surface area contributed by atoms with Crippen molar-refractivity contribution in [3.8, 4) is 0 Å². The molecule has 3 aliphatic carbocycles. The van der Waals surface area contributed by atoms with Gasteiger partial charge in [-0.05, 0) is 13.8 Å². The van der Waals surface area contributed by atoms with Gasteiger partial charge in [0, 0.05) is 6.10 Å². The van der Waals surface area contributed by atoms with Crippen molar-refractivity contribution in [2.45, 2.75) is 80.8 Å². The summed E-state index contributed by atoms with van der Waals surface area (Å²) in [5.41, 5.74) is 0.500. The first-order chi connectivity index (χ1) is 19.2. The molecule has 0 aromatic heterocycles. The van der Waals surface area contributed by atoms with Gasteiger partial charge >= 0.3 is 47.9 Å². The maximum Gasteiger partial charge on any atom is 4.00 e. The molecule has 0 atom stereocenters. The van der Waals surface area contributed by atoms with Crippen molar-refractivity contribution < 1.29 is 53.0 Å². The van der Waals surface area contributed by atoms with Gasteiger partial charge in [-0.25, -0.2) is 36.5 Å². The number of rotatable bonds is 0. The van der Waals surface area contributed by atoms with Crippen LogP contribution < -0.4 is 0 Å². The van der Waals surface area contributed by atoms with E-state index in [4.69, 9.17) is 5.11 Å². The molecule has 229 valence electrons. The van der Waals surface area contributed by atoms with Crippen LogP contribution in [0.1, 0.15) is 74.7 Å². The predicted molar refractivity (Wildman–Crippen MR) is 182 cm³/mol. The third-order valence-electron chi connectivity index (χ3n) is 2.97. The monoisotopic (exact) mass is 689 g/mol. The Balaban J connectivity index is -0.000000127. The van der Waals surface area contributed by atoms with E-state index in [1.54, 1.807) is 13.8 Å². The fourth-order valence-corrected chi connectivity index (χ4v) is 1.70. The number of hydrogen-bond acceptors (Lipinski definition) is 1. The number of benzene rings is 2. The minimum Gasteiger partial charge on any atom is -0.394 e. The maximum atomic E-state index is 8.06. The molecule has 0 unspecified atom stereocenters. The molecule has 1 N–H and O–H groups in total. The molecule has 3 aliphatic rings. The summed E-state index contributed by atoms with van der Waals surface area (Å²) in [6.45, 7) is 23.4. The van der Waals surface area contributed by atoms with Crippen molar-refractivity contribution in [1.29, 1.82) is 0 Å². The first kappa shape index (κ1) is 51.0. The predicted octanol–water partition coefficient (Wildman–Crippen LogP) is 11.0. The average molecular weight is 691 g/mol. The van der Waals surface area contributed by atoms with E-state index in [1.165, 1.54) is 0 Å². The molecule has 0 saturated heterocycles. The van der Waals surface area contributed by atoms with E-state index in [0.717, 1.165) is 19.3 Å². The minimum absolute atomic E-state index is 0. The molecule has 3 heteroatoms. The zero-order chi connectivity index (χ0) is 31.7. The number of hydrogen-bond donors (Lipinski definition) is 1. The van der Waals surface area contributed by atoms with Crippen LogP contribution >= 0.6 is 0 Å². The Kier molecular flexibility index (Phi) is 45.6. The van der Waals surface area contributed by atoms with Crippen LogP contribution in [0, 0.1) is 55.0 Å². The van der Waals surface area contributed by atoms with Crippen LogP contribution in [0.5, 0.6) is 0 Å². The Hall–Kier alpha value is -1.56. The van der Waals surface area contributed by atoms with Gasteiger partial charge in [-0.3, -0.25) is 18.2 Å². The van der Waals surface area contributed by atoms with Gasteiger partial charge in [0.25, 0.3) is 0 Å². The zero-order valence-corrected chi connectivity index (χ0v) is 32.0. The van der Waals surface area contributed by atoms with Gasteiger partial charge < -0.3 is 19.0 Å². The summed E-state index contributed by atoms with van der Waals surface area (Å²) in [6.07, 6.45) is 29.8. The van der Waals surface area contributed by atoms with Crippen LogP contribution in [0.15, 0.2) is 115 Å². The summed E-state index contributed by atoms with van der Waals surface area (Å²) in [6, 6.07) is 25.0. The summed E-state index contributed by atoms with van der Waals surface area (Å²) in [5.74, 6) is 0. The molecule has 5 rings (SSSR count).